The third-order valence-corrected chi connectivity index (χ3v) is 4.11. The van der Waals surface area contributed by atoms with Gasteiger partial charge in [-0.25, -0.2) is 0 Å². The van der Waals surface area contributed by atoms with Crippen molar-refractivity contribution >= 4 is 33.3 Å². The molecule has 0 atom stereocenters. The van der Waals surface area contributed by atoms with Crippen LogP contribution < -0.4 is 9.47 Å². The smallest absolute Gasteiger partial charge is 0.168 e. The van der Waals surface area contributed by atoms with E-state index in [9.17, 15) is 4.79 Å². The zero-order chi connectivity index (χ0) is 15.4. The zero-order valence-corrected chi connectivity index (χ0v) is 14.0. The summed E-state index contributed by atoms with van der Waals surface area (Å²) in [4.78, 5) is 12.5. The number of methoxy groups -OCH3 is 2. The van der Waals surface area contributed by atoms with E-state index < -0.39 is 0 Å². The summed E-state index contributed by atoms with van der Waals surface area (Å²) < 4.78 is 11.1. The molecular weight excluding hydrogens is 356 g/mol. The van der Waals surface area contributed by atoms with Gasteiger partial charge in [0.05, 0.1) is 14.2 Å². The van der Waals surface area contributed by atoms with Crippen molar-refractivity contribution in [2.45, 2.75) is 6.42 Å². The van der Waals surface area contributed by atoms with Crippen molar-refractivity contribution in [1.29, 1.82) is 0 Å². The lowest BCUT2D eigenvalue weighted by Gasteiger charge is -2.11. The van der Waals surface area contributed by atoms with Gasteiger partial charge in [-0.2, -0.15) is 0 Å². The first-order chi connectivity index (χ1) is 10.1. The normalized spacial score (nSPS) is 10.3. The van der Waals surface area contributed by atoms with E-state index in [2.05, 4.69) is 15.9 Å². The third kappa shape index (κ3) is 3.57. The molecule has 0 aliphatic rings. The van der Waals surface area contributed by atoms with Crippen LogP contribution in [0.2, 0.25) is 5.02 Å². The molecule has 0 heterocycles. The van der Waals surface area contributed by atoms with E-state index in [-0.39, 0.29) is 12.2 Å². The van der Waals surface area contributed by atoms with Gasteiger partial charge in [0.1, 0.15) is 0 Å². The second-order valence-corrected chi connectivity index (χ2v) is 5.64. The van der Waals surface area contributed by atoms with Gasteiger partial charge < -0.3 is 9.47 Å². The van der Waals surface area contributed by atoms with Gasteiger partial charge >= 0.3 is 0 Å². The molecule has 21 heavy (non-hydrogen) atoms. The number of carbonyl (C=O) groups is 1. The van der Waals surface area contributed by atoms with Crippen LogP contribution in [0.4, 0.5) is 0 Å². The van der Waals surface area contributed by atoms with Crippen LogP contribution in [0.3, 0.4) is 0 Å². The number of hydrogen-bond donors (Lipinski definition) is 0. The summed E-state index contributed by atoms with van der Waals surface area (Å²) >= 11 is 9.49. The molecule has 0 aromatic heterocycles. The van der Waals surface area contributed by atoms with Gasteiger partial charge in [0, 0.05) is 21.5 Å². The summed E-state index contributed by atoms with van der Waals surface area (Å²) in [5.74, 6) is 1.04. The van der Waals surface area contributed by atoms with E-state index in [0.29, 0.717) is 26.6 Å². The maximum atomic E-state index is 12.5. The van der Waals surface area contributed by atoms with E-state index in [0.717, 1.165) is 5.56 Å². The van der Waals surface area contributed by atoms with Gasteiger partial charge in [-0.15, -0.1) is 0 Å². The highest BCUT2D eigenvalue weighted by Gasteiger charge is 2.16. The average Bonchev–Trinajstić information content (AvgIpc) is 2.49. The van der Waals surface area contributed by atoms with Gasteiger partial charge in [-0.3, -0.25) is 4.79 Å². The molecule has 2 aromatic rings. The van der Waals surface area contributed by atoms with Crippen LogP contribution in [0.1, 0.15) is 15.9 Å². The Labute approximate surface area is 137 Å². The molecular formula is C16H14BrClO3. The highest BCUT2D eigenvalue weighted by Crippen LogP contribution is 2.34. The van der Waals surface area contributed by atoms with Gasteiger partial charge in [-0.05, 0) is 39.7 Å². The molecule has 2 rings (SSSR count). The van der Waals surface area contributed by atoms with Gasteiger partial charge in [0.25, 0.3) is 0 Å². The minimum Gasteiger partial charge on any atom is -0.493 e. The first-order valence-electron chi connectivity index (χ1n) is 6.25. The summed E-state index contributed by atoms with van der Waals surface area (Å²) in [5.41, 5.74) is 1.33. The number of benzene rings is 2. The maximum Gasteiger partial charge on any atom is 0.168 e. The molecule has 0 bridgehead atoms. The maximum absolute atomic E-state index is 12.5. The van der Waals surface area contributed by atoms with E-state index in [1.807, 2.05) is 18.2 Å². The quantitative estimate of drug-likeness (QED) is 0.726. The fraction of sp³-hybridized carbons (Fsp3) is 0.188. The Balaban J connectivity index is 2.33. The van der Waals surface area contributed by atoms with Gasteiger partial charge in [0.15, 0.2) is 17.3 Å². The summed E-state index contributed by atoms with van der Waals surface area (Å²) in [6, 6.07) is 10.7. The zero-order valence-electron chi connectivity index (χ0n) is 11.7. The summed E-state index contributed by atoms with van der Waals surface area (Å²) in [7, 11) is 3.09. The van der Waals surface area contributed by atoms with Crippen LogP contribution in [0.25, 0.3) is 0 Å². The molecule has 0 radical (unpaired) electrons. The third-order valence-electron chi connectivity index (χ3n) is 3.08. The molecule has 0 saturated heterocycles. The first-order valence-corrected chi connectivity index (χ1v) is 7.42. The SMILES string of the molecule is COc1cc(Br)c(C(=O)Cc2ccccc2Cl)cc1OC. The summed E-state index contributed by atoms with van der Waals surface area (Å²) in [5, 5.41) is 0.586. The standard InChI is InChI=1S/C16H14BrClO3/c1-20-15-8-11(12(17)9-16(15)21-2)14(19)7-10-5-3-4-6-13(10)18/h3-6,8-9H,7H2,1-2H3. The fourth-order valence-electron chi connectivity index (χ4n) is 1.98. The Morgan fingerprint density at radius 2 is 1.76 bits per heavy atom. The lowest BCUT2D eigenvalue weighted by Crippen LogP contribution is -2.06. The van der Waals surface area contributed by atoms with Gasteiger partial charge in [-0.1, -0.05) is 29.8 Å². The van der Waals surface area contributed by atoms with E-state index in [4.69, 9.17) is 21.1 Å². The minimum atomic E-state index is -0.0454. The Morgan fingerprint density at radius 3 is 2.38 bits per heavy atom. The van der Waals surface area contributed by atoms with Crippen molar-refractivity contribution in [3.05, 3.63) is 57.0 Å². The second kappa shape index (κ2) is 6.96. The number of Topliss-reactive ketones (excluding diaryl/α,β-unsaturated/α-hetero) is 1. The Kier molecular flexibility index (Phi) is 5.26. The molecule has 5 heteroatoms. The minimum absolute atomic E-state index is 0.0454. The van der Waals surface area contributed by atoms with Crippen LogP contribution in [-0.2, 0) is 6.42 Å². The van der Waals surface area contributed by atoms with Crippen molar-refractivity contribution in [3.63, 3.8) is 0 Å². The lowest BCUT2D eigenvalue weighted by atomic mass is 10.0. The van der Waals surface area contributed by atoms with Crippen molar-refractivity contribution in [1.82, 2.24) is 0 Å². The molecule has 110 valence electrons. The summed E-state index contributed by atoms with van der Waals surface area (Å²) in [6.07, 6.45) is 0.230. The highest BCUT2D eigenvalue weighted by atomic mass is 79.9. The van der Waals surface area contributed by atoms with Crippen molar-refractivity contribution in [2.24, 2.45) is 0 Å². The van der Waals surface area contributed by atoms with Crippen molar-refractivity contribution < 1.29 is 14.3 Å². The molecule has 2 aromatic carbocycles. The monoisotopic (exact) mass is 368 g/mol. The Bertz CT molecular complexity index is 671. The molecule has 0 N–H and O–H groups in total. The molecule has 0 saturated carbocycles. The van der Waals surface area contributed by atoms with Crippen LogP contribution in [0.15, 0.2) is 40.9 Å². The van der Waals surface area contributed by atoms with Crippen molar-refractivity contribution in [3.8, 4) is 11.5 Å². The number of ketones is 1. The number of hydrogen-bond acceptors (Lipinski definition) is 3. The molecule has 0 fully saturated rings. The van der Waals surface area contributed by atoms with E-state index >= 15 is 0 Å². The van der Waals surface area contributed by atoms with Gasteiger partial charge in [0.2, 0.25) is 0 Å². The van der Waals surface area contributed by atoms with E-state index in [1.54, 1.807) is 25.3 Å². The highest BCUT2D eigenvalue weighted by molar-refractivity contribution is 9.10. The second-order valence-electron chi connectivity index (χ2n) is 4.38. The molecule has 0 unspecified atom stereocenters. The fourth-order valence-corrected chi connectivity index (χ4v) is 2.72. The predicted molar refractivity (Wildman–Crippen MR) is 86.7 cm³/mol. The van der Waals surface area contributed by atoms with Crippen LogP contribution >= 0.6 is 27.5 Å². The summed E-state index contributed by atoms with van der Waals surface area (Å²) in [6.45, 7) is 0. The Hall–Kier alpha value is -1.52. The molecule has 0 amide bonds. The Morgan fingerprint density at radius 1 is 1.14 bits per heavy atom. The lowest BCUT2D eigenvalue weighted by molar-refractivity contribution is 0.0992. The molecule has 0 aliphatic heterocycles. The number of halogens is 2. The number of carbonyl (C=O) groups excluding carboxylic acids is 1. The average molecular weight is 370 g/mol. The van der Waals surface area contributed by atoms with Crippen molar-refractivity contribution in [2.75, 3.05) is 14.2 Å². The largest absolute Gasteiger partial charge is 0.493 e. The predicted octanol–water partition coefficient (Wildman–Crippen LogP) is 4.55. The number of ether oxygens (including phenoxy) is 2. The van der Waals surface area contributed by atoms with Crippen LogP contribution in [0.5, 0.6) is 11.5 Å². The van der Waals surface area contributed by atoms with Crippen LogP contribution in [0, 0.1) is 0 Å². The molecule has 0 spiro atoms. The molecule has 3 nitrogen and oxygen atoms in total. The van der Waals surface area contributed by atoms with Crippen LogP contribution in [-0.4, -0.2) is 20.0 Å². The molecule has 0 aliphatic carbocycles. The van der Waals surface area contributed by atoms with E-state index in [1.165, 1.54) is 7.11 Å². The first kappa shape index (κ1) is 15.9. The topological polar surface area (TPSA) is 35.5 Å². The number of rotatable bonds is 5.